The molecule has 146 valence electrons. The number of H-pyrrole nitrogens is 1. The number of nitrogens with one attached hydrogen (secondary N) is 2. The Balaban J connectivity index is 1.78. The van der Waals surface area contributed by atoms with E-state index in [2.05, 4.69) is 20.5 Å². The van der Waals surface area contributed by atoms with Crippen LogP contribution in [0.1, 0.15) is 64.5 Å². The Bertz CT molecular complexity index is 603. The van der Waals surface area contributed by atoms with E-state index in [4.69, 9.17) is 9.47 Å². The lowest BCUT2D eigenvalue weighted by molar-refractivity contribution is 0.0203. The molecule has 9 heteroatoms. The maximum atomic E-state index is 12.1. The number of aromatic nitrogens is 3. The van der Waals surface area contributed by atoms with Crippen molar-refractivity contribution < 1.29 is 19.1 Å². The molecule has 2 N–H and O–H groups in total. The number of aromatic amines is 1. The highest BCUT2D eigenvalue weighted by atomic mass is 16.6. The smallest absolute Gasteiger partial charge is 0.410 e. The van der Waals surface area contributed by atoms with Gasteiger partial charge in [0.2, 0.25) is 0 Å². The van der Waals surface area contributed by atoms with Crippen LogP contribution in [0.25, 0.3) is 0 Å². The van der Waals surface area contributed by atoms with Crippen LogP contribution in [0.5, 0.6) is 0 Å². The topological polar surface area (TPSA) is 109 Å². The maximum Gasteiger partial charge on any atom is 0.410 e. The highest BCUT2D eigenvalue weighted by Crippen LogP contribution is 2.26. The van der Waals surface area contributed by atoms with Gasteiger partial charge in [-0.2, -0.15) is 5.10 Å². The van der Waals surface area contributed by atoms with E-state index in [1.54, 1.807) is 4.90 Å². The second kappa shape index (κ2) is 8.86. The molecular weight excluding hydrogens is 338 g/mol. The van der Waals surface area contributed by atoms with Gasteiger partial charge in [0.15, 0.2) is 5.82 Å². The Morgan fingerprint density at radius 2 is 2.00 bits per heavy atom. The van der Waals surface area contributed by atoms with Gasteiger partial charge in [0.05, 0.1) is 13.2 Å². The van der Waals surface area contributed by atoms with Crippen LogP contribution in [0.3, 0.4) is 0 Å². The normalized spacial score (nSPS) is 15.6. The van der Waals surface area contributed by atoms with Crippen LogP contribution in [0.2, 0.25) is 0 Å². The van der Waals surface area contributed by atoms with Crippen molar-refractivity contribution in [2.24, 2.45) is 0 Å². The number of hydrogen-bond donors (Lipinski definition) is 2. The first-order valence-electron chi connectivity index (χ1n) is 9.08. The summed E-state index contributed by atoms with van der Waals surface area (Å²) in [6, 6.07) is 0. The number of piperidine rings is 1. The number of alkyl carbamates (subject to hydrolysis) is 1. The van der Waals surface area contributed by atoms with E-state index in [1.165, 1.54) is 0 Å². The Morgan fingerprint density at radius 1 is 1.31 bits per heavy atom. The zero-order valence-electron chi connectivity index (χ0n) is 16.0. The third-order valence-electron chi connectivity index (χ3n) is 3.90. The third kappa shape index (κ3) is 6.20. The van der Waals surface area contributed by atoms with Crippen molar-refractivity contribution in [3.8, 4) is 0 Å². The quantitative estimate of drug-likeness (QED) is 0.828. The standard InChI is InChI=1S/C17H29N5O4/c1-5-10-25-15(23)18-11-13-19-14(21-20-13)12-6-8-22(9-7-12)16(24)26-17(2,3)4/h12H,5-11H2,1-4H3,(H,18,23)(H,19,20,21). The summed E-state index contributed by atoms with van der Waals surface area (Å²) < 4.78 is 10.3. The van der Waals surface area contributed by atoms with Gasteiger partial charge < -0.3 is 19.7 Å². The summed E-state index contributed by atoms with van der Waals surface area (Å²) in [6.07, 6.45) is 1.60. The number of nitrogens with zero attached hydrogens (tertiary/aromatic N) is 3. The molecule has 2 amide bonds. The van der Waals surface area contributed by atoms with E-state index in [9.17, 15) is 9.59 Å². The van der Waals surface area contributed by atoms with Crippen molar-refractivity contribution in [2.75, 3.05) is 19.7 Å². The van der Waals surface area contributed by atoms with Crippen LogP contribution in [0, 0.1) is 0 Å². The molecule has 0 atom stereocenters. The van der Waals surface area contributed by atoms with Crippen LogP contribution in [-0.4, -0.2) is 57.6 Å². The summed E-state index contributed by atoms with van der Waals surface area (Å²) in [5.41, 5.74) is -0.488. The molecule has 0 bridgehead atoms. The molecule has 1 aliphatic heterocycles. The van der Waals surface area contributed by atoms with Crippen LogP contribution in [-0.2, 0) is 16.0 Å². The zero-order valence-corrected chi connectivity index (χ0v) is 16.0. The number of ether oxygens (including phenoxy) is 2. The Hall–Kier alpha value is -2.32. The molecule has 0 aliphatic carbocycles. The molecule has 0 unspecified atom stereocenters. The molecule has 0 spiro atoms. The maximum absolute atomic E-state index is 12.1. The first-order valence-corrected chi connectivity index (χ1v) is 9.08. The van der Waals surface area contributed by atoms with E-state index >= 15 is 0 Å². The molecule has 9 nitrogen and oxygen atoms in total. The molecule has 0 radical (unpaired) electrons. The highest BCUT2D eigenvalue weighted by Gasteiger charge is 2.29. The fourth-order valence-electron chi connectivity index (χ4n) is 2.62. The van der Waals surface area contributed by atoms with E-state index in [-0.39, 0.29) is 18.6 Å². The van der Waals surface area contributed by atoms with E-state index in [0.717, 1.165) is 19.3 Å². The summed E-state index contributed by atoms with van der Waals surface area (Å²) in [6.45, 7) is 9.38. The van der Waals surface area contributed by atoms with E-state index in [1.807, 2.05) is 27.7 Å². The second-order valence-corrected chi connectivity index (χ2v) is 7.37. The monoisotopic (exact) mass is 367 g/mol. The first-order chi connectivity index (χ1) is 12.3. The van der Waals surface area contributed by atoms with Crippen molar-refractivity contribution in [3.63, 3.8) is 0 Å². The van der Waals surface area contributed by atoms with Gasteiger partial charge in [0.25, 0.3) is 0 Å². The fourth-order valence-corrected chi connectivity index (χ4v) is 2.62. The summed E-state index contributed by atoms with van der Waals surface area (Å²) in [7, 11) is 0. The summed E-state index contributed by atoms with van der Waals surface area (Å²) in [5.74, 6) is 1.49. The minimum Gasteiger partial charge on any atom is -0.450 e. The number of carbonyl (C=O) groups excluding carboxylic acids is 2. The zero-order chi connectivity index (χ0) is 19.2. The average molecular weight is 367 g/mol. The van der Waals surface area contributed by atoms with Crippen molar-refractivity contribution >= 4 is 12.2 Å². The van der Waals surface area contributed by atoms with Gasteiger partial charge in [0.1, 0.15) is 11.4 Å². The minimum absolute atomic E-state index is 0.186. The molecule has 1 fully saturated rings. The van der Waals surface area contributed by atoms with Crippen LogP contribution >= 0.6 is 0 Å². The lowest BCUT2D eigenvalue weighted by atomic mass is 9.96. The molecule has 1 saturated heterocycles. The van der Waals surface area contributed by atoms with E-state index < -0.39 is 11.7 Å². The lowest BCUT2D eigenvalue weighted by Gasteiger charge is -2.32. The van der Waals surface area contributed by atoms with Crippen molar-refractivity contribution in [3.05, 3.63) is 11.6 Å². The lowest BCUT2D eigenvalue weighted by Crippen LogP contribution is -2.41. The second-order valence-electron chi connectivity index (χ2n) is 7.37. The fraction of sp³-hybridized carbons (Fsp3) is 0.765. The molecular formula is C17H29N5O4. The summed E-state index contributed by atoms with van der Waals surface area (Å²) >= 11 is 0. The molecule has 0 saturated carbocycles. The number of carbonyl (C=O) groups is 2. The third-order valence-corrected chi connectivity index (χ3v) is 3.90. The molecule has 0 aromatic carbocycles. The van der Waals surface area contributed by atoms with Gasteiger partial charge in [-0.05, 0) is 40.0 Å². The predicted octanol–water partition coefficient (Wildman–Crippen LogP) is 2.56. The first kappa shape index (κ1) is 20.0. The van der Waals surface area contributed by atoms with Crippen LogP contribution in [0.4, 0.5) is 9.59 Å². The van der Waals surface area contributed by atoms with Gasteiger partial charge in [0, 0.05) is 19.0 Å². The Kier molecular flexibility index (Phi) is 6.82. The predicted molar refractivity (Wildman–Crippen MR) is 94.6 cm³/mol. The van der Waals surface area contributed by atoms with Gasteiger partial charge in [-0.3, -0.25) is 5.10 Å². The van der Waals surface area contributed by atoms with Gasteiger partial charge in [-0.1, -0.05) is 6.92 Å². The van der Waals surface area contributed by atoms with E-state index in [0.29, 0.717) is 31.3 Å². The minimum atomic E-state index is -0.488. The van der Waals surface area contributed by atoms with Gasteiger partial charge >= 0.3 is 12.2 Å². The summed E-state index contributed by atoms with van der Waals surface area (Å²) in [4.78, 5) is 29.7. The van der Waals surface area contributed by atoms with Crippen LogP contribution in [0.15, 0.2) is 0 Å². The number of amides is 2. The van der Waals surface area contributed by atoms with Gasteiger partial charge in [-0.15, -0.1) is 0 Å². The number of rotatable bonds is 5. The Morgan fingerprint density at radius 3 is 2.62 bits per heavy atom. The molecule has 1 aliphatic rings. The highest BCUT2D eigenvalue weighted by molar-refractivity contribution is 5.68. The molecule has 2 rings (SSSR count). The summed E-state index contributed by atoms with van der Waals surface area (Å²) in [5, 5.41) is 9.72. The van der Waals surface area contributed by atoms with Crippen LogP contribution < -0.4 is 5.32 Å². The molecule has 1 aromatic rings. The largest absolute Gasteiger partial charge is 0.450 e. The van der Waals surface area contributed by atoms with Crippen molar-refractivity contribution in [1.29, 1.82) is 0 Å². The SMILES string of the molecule is CCCOC(=O)NCc1nc(C2CCN(C(=O)OC(C)(C)C)CC2)n[nH]1. The van der Waals surface area contributed by atoms with Crippen molar-refractivity contribution in [2.45, 2.75) is 65.0 Å². The molecule has 2 heterocycles. The number of likely N-dealkylation sites (tertiary alicyclic amines) is 1. The Labute approximate surface area is 153 Å². The number of hydrogen-bond acceptors (Lipinski definition) is 6. The van der Waals surface area contributed by atoms with Gasteiger partial charge in [-0.25, -0.2) is 14.6 Å². The van der Waals surface area contributed by atoms with Crippen molar-refractivity contribution in [1.82, 2.24) is 25.4 Å². The molecule has 26 heavy (non-hydrogen) atoms. The molecule has 1 aromatic heterocycles. The average Bonchev–Trinajstić information content (AvgIpc) is 3.06.